The molecule has 0 aromatic heterocycles. The zero-order chi connectivity index (χ0) is 15.5. The van der Waals surface area contributed by atoms with Crippen LogP contribution < -0.4 is 5.32 Å². The highest BCUT2D eigenvalue weighted by atomic mass is 79.9. The molecule has 2 fully saturated rings. The highest BCUT2D eigenvalue weighted by molar-refractivity contribution is 9.09. The van der Waals surface area contributed by atoms with Crippen LogP contribution in [-0.4, -0.2) is 30.0 Å². The number of amides is 1. The Morgan fingerprint density at radius 3 is 2.24 bits per heavy atom. The predicted molar refractivity (Wildman–Crippen MR) is 89.6 cm³/mol. The Bertz CT molecular complexity index is 350. The molecular formula is C17H30BrNO2. The van der Waals surface area contributed by atoms with Gasteiger partial charge in [0.2, 0.25) is 5.91 Å². The van der Waals surface area contributed by atoms with Crippen molar-refractivity contribution < 1.29 is 9.53 Å². The molecule has 0 radical (unpaired) electrons. The molecule has 0 atom stereocenters. The van der Waals surface area contributed by atoms with Crippen molar-refractivity contribution in [3.8, 4) is 0 Å². The Morgan fingerprint density at radius 2 is 1.76 bits per heavy atom. The molecule has 0 spiro atoms. The molecule has 0 unspecified atom stereocenters. The molecule has 1 aliphatic carbocycles. The van der Waals surface area contributed by atoms with Crippen LogP contribution in [0.15, 0.2) is 0 Å². The third-order valence-corrected chi connectivity index (χ3v) is 6.49. The maximum absolute atomic E-state index is 12.6. The highest BCUT2D eigenvalue weighted by Crippen LogP contribution is 2.40. The van der Waals surface area contributed by atoms with Gasteiger partial charge in [-0.2, -0.15) is 0 Å². The van der Waals surface area contributed by atoms with Crippen LogP contribution in [0.25, 0.3) is 0 Å². The van der Waals surface area contributed by atoms with Crippen LogP contribution in [0.1, 0.15) is 59.3 Å². The minimum Gasteiger partial charge on any atom is -0.381 e. The predicted octanol–water partition coefficient (Wildman–Crippen LogP) is 3.90. The first kappa shape index (κ1) is 17.3. The standard InChI is InChI=1S/C17H30BrNO2/c1-16(2,3)14-6-4-13(5-7-14)15(20)19-17(12-18)8-10-21-11-9-17/h13-14H,4-12H2,1-3H3,(H,19,20). The third-order valence-electron chi connectivity index (χ3n) is 5.42. The van der Waals surface area contributed by atoms with Crippen molar-refractivity contribution in [2.75, 3.05) is 18.5 Å². The molecule has 1 saturated carbocycles. The molecule has 21 heavy (non-hydrogen) atoms. The maximum Gasteiger partial charge on any atom is 0.223 e. The molecule has 0 aromatic rings. The van der Waals surface area contributed by atoms with Gasteiger partial charge in [-0.15, -0.1) is 0 Å². The second-order valence-corrected chi connectivity index (χ2v) is 8.49. The number of carbonyl (C=O) groups excluding carboxylic acids is 1. The van der Waals surface area contributed by atoms with Crippen molar-refractivity contribution in [3.05, 3.63) is 0 Å². The van der Waals surface area contributed by atoms with E-state index in [9.17, 15) is 4.79 Å². The summed E-state index contributed by atoms with van der Waals surface area (Å²) in [6.07, 6.45) is 6.30. The van der Waals surface area contributed by atoms with Gasteiger partial charge in [0.1, 0.15) is 0 Å². The van der Waals surface area contributed by atoms with Crippen LogP contribution >= 0.6 is 15.9 Å². The van der Waals surface area contributed by atoms with E-state index in [0.717, 1.165) is 50.1 Å². The largest absolute Gasteiger partial charge is 0.381 e. The summed E-state index contributed by atoms with van der Waals surface area (Å²) in [6.45, 7) is 8.46. The van der Waals surface area contributed by atoms with E-state index in [1.165, 1.54) is 12.8 Å². The molecular weight excluding hydrogens is 330 g/mol. The summed E-state index contributed by atoms with van der Waals surface area (Å²) in [5.41, 5.74) is 0.287. The molecule has 0 bridgehead atoms. The lowest BCUT2D eigenvalue weighted by Crippen LogP contribution is -2.55. The first-order valence-corrected chi connectivity index (χ1v) is 9.44. The van der Waals surface area contributed by atoms with Crippen molar-refractivity contribution in [2.24, 2.45) is 17.3 Å². The Labute approximate surface area is 137 Å². The summed E-state index contributed by atoms with van der Waals surface area (Å²) >= 11 is 3.59. The van der Waals surface area contributed by atoms with E-state index < -0.39 is 0 Å². The molecule has 0 aromatic carbocycles. The maximum atomic E-state index is 12.6. The number of hydrogen-bond donors (Lipinski definition) is 1. The van der Waals surface area contributed by atoms with Crippen molar-refractivity contribution in [1.82, 2.24) is 5.32 Å². The first-order valence-electron chi connectivity index (χ1n) is 8.32. The normalized spacial score (nSPS) is 29.9. The number of nitrogens with one attached hydrogen (secondary N) is 1. The summed E-state index contributed by atoms with van der Waals surface area (Å²) in [5, 5.41) is 4.17. The van der Waals surface area contributed by atoms with Crippen LogP contribution in [0.4, 0.5) is 0 Å². The second kappa shape index (κ2) is 6.99. The number of rotatable bonds is 3. The summed E-state index contributed by atoms with van der Waals surface area (Å²) in [4.78, 5) is 12.6. The Morgan fingerprint density at radius 1 is 1.19 bits per heavy atom. The smallest absolute Gasteiger partial charge is 0.223 e. The monoisotopic (exact) mass is 359 g/mol. The van der Waals surface area contributed by atoms with Crippen LogP contribution in [-0.2, 0) is 9.53 Å². The van der Waals surface area contributed by atoms with Crippen molar-refractivity contribution in [3.63, 3.8) is 0 Å². The summed E-state index contributed by atoms with van der Waals surface area (Å²) in [7, 11) is 0. The molecule has 2 aliphatic rings. The topological polar surface area (TPSA) is 38.3 Å². The van der Waals surface area contributed by atoms with Crippen LogP contribution in [0.3, 0.4) is 0 Å². The molecule has 1 amide bonds. The molecule has 1 N–H and O–H groups in total. The van der Waals surface area contributed by atoms with Gasteiger partial charge >= 0.3 is 0 Å². The van der Waals surface area contributed by atoms with E-state index in [1.54, 1.807) is 0 Å². The summed E-state index contributed by atoms with van der Waals surface area (Å²) in [6, 6.07) is 0. The Hall–Kier alpha value is -0.0900. The van der Waals surface area contributed by atoms with Gasteiger partial charge in [-0.05, 0) is 49.9 Å². The number of halogens is 1. The van der Waals surface area contributed by atoms with E-state index >= 15 is 0 Å². The Kier molecular flexibility index (Phi) is 5.75. The van der Waals surface area contributed by atoms with Crippen molar-refractivity contribution in [2.45, 2.75) is 64.8 Å². The van der Waals surface area contributed by atoms with Gasteiger partial charge in [0.05, 0.1) is 5.54 Å². The number of carbonyl (C=O) groups is 1. The molecule has 122 valence electrons. The molecule has 2 rings (SSSR count). The summed E-state index contributed by atoms with van der Waals surface area (Å²) in [5.74, 6) is 1.24. The lowest BCUT2D eigenvalue weighted by molar-refractivity contribution is -0.129. The second-order valence-electron chi connectivity index (χ2n) is 7.93. The summed E-state index contributed by atoms with van der Waals surface area (Å²) < 4.78 is 5.43. The van der Waals surface area contributed by atoms with E-state index in [1.807, 2.05) is 0 Å². The molecule has 3 nitrogen and oxygen atoms in total. The van der Waals surface area contributed by atoms with E-state index in [0.29, 0.717) is 5.41 Å². The fourth-order valence-corrected chi connectivity index (χ4v) is 4.34. The zero-order valence-corrected chi connectivity index (χ0v) is 15.3. The van der Waals surface area contributed by atoms with Gasteiger partial charge in [-0.1, -0.05) is 36.7 Å². The van der Waals surface area contributed by atoms with Gasteiger partial charge in [-0.25, -0.2) is 0 Å². The number of alkyl halides is 1. The van der Waals surface area contributed by atoms with E-state index in [-0.39, 0.29) is 17.4 Å². The third kappa shape index (κ3) is 4.44. The molecule has 4 heteroatoms. The Balaban J connectivity index is 1.87. The molecule has 1 heterocycles. The van der Waals surface area contributed by atoms with Crippen molar-refractivity contribution in [1.29, 1.82) is 0 Å². The lowest BCUT2D eigenvalue weighted by atomic mass is 9.69. The zero-order valence-electron chi connectivity index (χ0n) is 13.7. The molecule has 1 saturated heterocycles. The SMILES string of the molecule is CC(C)(C)C1CCC(C(=O)NC2(CBr)CCOCC2)CC1. The fraction of sp³-hybridized carbons (Fsp3) is 0.941. The minimum atomic E-state index is -0.0871. The van der Waals surface area contributed by atoms with Gasteiger partial charge < -0.3 is 10.1 Å². The fourth-order valence-electron chi connectivity index (χ4n) is 3.64. The van der Waals surface area contributed by atoms with Gasteiger partial charge in [0.25, 0.3) is 0 Å². The van der Waals surface area contributed by atoms with Crippen molar-refractivity contribution >= 4 is 21.8 Å². The number of hydrogen-bond acceptors (Lipinski definition) is 2. The average molecular weight is 360 g/mol. The quantitative estimate of drug-likeness (QED) is 0.776. The van der Waals surface area contributed by atoms with Crippen LogP contribution in [0, 0.1) is 17.3 Å². The van der Waals surface area contributed by atoms with Crippen LogP contribution in [0.5, 0.6) is 0 Å². The highest BCUT2D eigenvalue weighted by Gasteiger charge is 2.37. The van der Waals surface area contributed by atoms with Gasteiger partial charge in [-0.3, -0.25) is 4.79 Å². The van der Waals surface area contributed by atoms with Gasteiger partial charge in [0.15, 0.2) is 0 Å². The average Bonchev–Trinajstić information content (AvgIpc) is 2.47. The van der Waals surface area contributed by atoms with Gasteiger partial charge in [0, 0.05) is 24.5 Å². The van der Waals surface area contributed by atoms with Crippen LogP contribution in [0.2, 0.25) is 0 Å². The first-order chi connectivity index (χ1) is 9.86. The molecule has 1 aliphatic heterocycles. The van der Waals surface area contributed by atoms with E-state index in [4.69, 9.17) is 4.74 Å². The lowest BCUT2D eigenvalue weighted by Gasteiger charge is -2.40. The number of ether oxygens (including phenoxy) is 1. The minimum absolute atomic E-state index is 0.0871. The van der Waals surface area contributed by atoms with E-state index in [2.05, 4.69) is 42.0 Å².